The molecule has 0 aromatic carbocycles. The Hall–Kier alpha value is -1.46. The second-order valence-corrected chi connectivity index (χ2v) is 4.75. The number of nitro groups is 1. The first-order valence-electron chi connectivity index (χ1n) is 6.08. The number of ketones is 1. The van der Waals surface area contributed by atoms with Gasteiger partial charge in [-0.05, 0) is 26.2 Å². The molecule has 6 nitrogen and oxygen atoms in total. The van der Waals surface area contributed by atoms with Crippen LogP contribution in [0.4, 0.5) is 0 Å². The zero-order chi connectivity index (χ0) is 14.3. The van der Waals surface area contributed by atoms with Crippen LogP contribution in [-0.2, 0) is 14.3 Å². The van der Waals surface area contributed by atoms with Crippen LogP contribution in [0.1, 0.15) is 34.1 Å². The van der Waals surface area contributed by atoms with Crippen LogP contribution in [0.25, 0.3) is 0 Å². The van der Waals surface area contributed by atoms with Crippen LogP contribution < -0.4 is 0 Å². The zero-order valence-corrected chi connectivity index (χ0v) is 11.3. The van der Waals surface area contributed by atoms with Gasteiger partial charge in [-0.25, -0.2) is 0 Å². The van der Waals surface area contributed by atoms with Gasteiger partial charge >= 0.3 is 5.97 Å². The second kappa shape index (κ2) is 7.79. The monoisotopic (exact) mass is 259 g/mol. The number of nitrogens with zero attached hydrogens (tertiary/aromatic N) is 1. The lowest BCUT2D eigenvalue weighted by Gasteiger charge is -2.21. The van der Waals surface area contributed by atoms with Crippen LogP contribution in [-0.4, -0.2) is 29.8 Å². The summed E-state index contributed by atoms with van der Waals surface area (Å²) in [6.07, 6.45) is 0.448. The van der Waals surface area contributed by atoms with Gasteiger partial charge in [0, 0.05) is 10.8 Å². The van der Waals surface area contributed by atoms with E-state index in [9.17, 15) is 19.7 Å². The van der Waals surface area contributed by atoms with Crippen molar-refractivity contribution >= 4 is 11.8 Å². The zero-order valence-electron chi connectivity index (χ0n) is 11.3. The van der Waals surface area contributed by atoms with Crippen LogP contribution in [0.5, 0.6) is 0 Å². The topological polar surface area (TPSA) is 86.5 Å². The predicted octanol–water partition coefficient (Wildman–Crippen LogP) is 1.69. The molecule has 6 heteroatoms. The standard InChI is InChI=1S/C12H21NO5/c1-5-18-12(15)11(9(4)14)10(6-8(2)3)7-13(16)17/h8,10-11H,5-7H2,1-4H3. The SMILES string of the molecule is CCOC(=O)C(C(C)=O)C(CC(C)C)C[N+](=O)[O-]. The van der Waals surface area contributed by atoms with Gasteiger partial charge in [-0.15, -0.1) is 0 Å². The van der Waals surface area contributed by atoms with Crippen molar-refractivity contribution < 1.29 is 19.2 Å². The molecule has 0 aromatic heterocycles. The van der Waals surface area contributed by atoms with E-state index < -0.39 is 22.7 Å². The van der Waals surface area contributed by atoms with E-state index in [0.717, 1.165) is 0 Å². The minimum Gasteiger partial charge on any atom is -0.465 e. The highest BCUT2D eigenvalue weighted by Crippen LogP contribution is 2.23. The normalized spacial score (nSPS) is 14.1. The molecule has 2 atom stereocenters. The Morgan fingerprint density at radius 1 is 1.33 bits per heavy atom. The lowest BCUT2D eigenvalue weighted by Crippen LogP contribution is -2.36. The number of hydrogen-bond acceptors (Lipinski definition) is 5. The Balaban J connectivity index is 5.01. The molecule has 0 aliphatic heterocycles. The fraction of sp³-hybridized carbons (Fsp3) is 0.833. The van der Waals surface area contributed by atoms with E-state index in [-0.39, 0.29) is 24.9 Å². The summed E-state index contributed by atoms with van der Waals surface area (Å²) in [5.74, 6) is -2.49. The molecule has 0 bridgehead atoms. The highest BCUT2D eigenvalue weighted by atomic mass is 16.6. The number of ether oxygens (including phenoxy) is 1. The molecular weight excluding hydrogens is 238 g/mol. The van der Waals surface area contributed by atoms with Gasteiger partial charge in [0.05, 0.1) is 6.61 Å². The van der Waals surface area contributed by atoms with E-state index in [1.54, 1.807) is 6.92 Å². The maximum Gasteiger partial charge on any atom is 0.316 e. The minimum atomic E-state index is -1.03. The summed E-state index contributed by atoms with van der Waals surface area (Å²) in [6.45, 7) is 6.48. The van der Waals surface area contributed by atoms with Gasteiger partial charge in [-0.1, -0.05) is 13.8 Å². The summed E-state index contributed by atoms with van der Waals surface area (Å²) in [4.78, 5) is 33.4. The molecule has 2 unspecified atom stereocenters. The smallest absolute Gasteiger partial charge is 0.316 e. The number of hydrogen-bond donors (Lipinski definition) is 0. The number of esters is 1. The van der Waals surface area contributed by atoms with E-state index in [1.165, 1.54) is 6.92 Å². The molecule has 0 spiro atoms. The average Bonchev–Trinajstić information content (AvgIpc) is 2.14. The summed E-state index contributed by atoms with van der Waals surface area (Å²) < 4.78 is 4.83. The van der Waals surface area contributed by atoms with Crippen LogP contribution >= 0.6 is 0 Å². The predicted molar refractivity (Wildman–Crippen MR) is 65.6 cm³/mol. The van der Waals surface area contributed by atoms with Crippen LogP contribution in [0.2, 0.25) is 0 Å². The van der Waals surface area contributed by atoms with Gasteiger partial charge in [0.25, 0.3) is 0 Å². The van der Waals surface area contributed by atoms with Crippen LogP contribution in [0, 0.1) is 27.9 Å². The summed E-state index contributed by atoms with van der Waals surface area (Å²) in [6, 6.07) is 0. The second-order valence-electron chi connectivity index (χ2n) is 4.75. The molecule has 0 N–H and O–H groups in total. The molecule has 0 aliphatic carbocycles. The Morgan fingerprint density at radius 2 is 1.89 bits per heavy atom. The van der Waals surface area contributed by atoms with E-state index in [0.29, 0.717) is 6.42 Å². The van der Waals surface area contributed by atoms with Gasteiger partial charge in [-0.3, -0.25) is 19.7 Å². The first kappa shape index (κ1) is 16.5. The first-order valence-corrected chi connectivity index (χ1v) is 6.08. The molecule has 0 saturated heterocycles. The maximum absolute atomic E-state index is 11.7. The average molecular weight is 259 g/mol. The van der Waals surface area contributed by atoms with Crippen molar-refractivity contribution in [2.24, 2.45) is 17.8 Å². The van der Waals surface area contributed by atoms with Crippen LogP contribution in [0.3, 0.4) is 0 Å². The third kappa shape index (κ3) is 5.75. The molecule has 0 radical (unpaired) electrons. The summed E-state index contributed by atoms with van der Waals surface area (Å²) in [7, 11) is 0. The van der Waals surface area contributed by atoms with Gasteiger partial charge in [0.1, 0.15) is 11.7 Å². The van der Waals surface area contributed by atoms with E-state index in [1.807, 2.05) is 13.8 Å². The summed E-state index contributed by atoms with van der Waals surface area (Å²) >= 11 is 0. The lowest BCUT2D eigenvalue weighted by molar-refractivity contribution is -0.489. The van der Waals surface area contributed by atoms with Crippen molar-refractivity contribution in [1.29, 1.82) is 0 Å². The number of carbonyl (C=O) groups is 2. The largest absolute Gasteiger partial charge is 0.465 e. The molecule has 0 heterocycles. The number of carbonyl (C=O) groups excluding carboxylic acids is 2. The summed E-state index contributed by atoms with van der Waals surface area (Å²) in [5, 5.41) is 10.6. The summed E-state index contributed by atoms with van der Waals surface area (Å²) in [5.41, 5.74) is 0. The van der Waals surface area contributed by atoms with Gasteiger partial charge < -0.3 is 4.74 Å². The third-order valence-corrected chi connectivity index (χ3v) is 2.61. The molecule has 0 amide bonds. The fourth-order valence-electron chi connectivity index (χ4n) is 2.04. The maximum atomic E-state index is 11.7. The van der Waals surface area contributed by atoms with Crippen molar-refractivity contribution in [3.05, 3.63) is 10.1 Å². The Kier molecular flexibility index (Phi) is 7.16. The first-order chi connectivity index (χ1) is 8.29. The lowest BCUT2D eigenvalue weighted by atomic mass is 9.83. The van der Waals surface area contributed by atoms with Crippen molar-refractivity contribution in [1.82, 2.24) is 0 Å². The third-order valence-electron chi connectivity index (χ3n) is 2.61. The molecule has 0 rings (SSSR count). The van der Waals surface area contributed by atoms with Gasteiger partial charge in [-0.2, -0.15) is 0 Å². The fourth-order valence-corrected chi connectivity index (χ4v) is 2.04. The van der Waals surface area contributed by atoms with Crippen molar-refractivity contribution in [2.45, 2.75) is 34.1 Å². The quantitative estimate of drug-likeness (QED) is 0.286. The Labute approximate surface area is 107 Å². The van der Waals surface area contributed by atoms with Gasteiger partial charge in [0.2, 0.25) is 6.54 Å². The van der Waals surface area contributed by atoms with E-state index >= 15 is 0 Å². The van der Waals surface area contributed by atoms with Crippen LogP contribution in [0.15, 0.2) is 0 Å². The van der Waals surface area contributed by atoms with Crippen molar-refractivity contribution in [2.75, 3.05) is 13.2 Å². The Bertz CT molecular complexity index is 314. The van der Waals surface area contributed by atoms with E-state index in [2.05, 4.69) is 0 Å². The highest BCUT2D eigenvalue weighted by molar-refractivity contribution is 5.98. The molecule has 0 aromatic rings. The van der Waals surface area contributed by atoms with E-state index in [4.69, 9.17) is 4.74 Å². The molecular formula is C12H21NO5. The highest BCUT2D eigenvalue weighted by Gasteiger charge is 2.36. The Morgan fingerprint density at radius 3 is 2.22 bits per heavy atom. The van der Waals surface area contributed by atoms with Crippen molar-refractivity contribution in [3.63, 3.8) is 0 Å². The molecule has 104 valence electrons. The molecule has 18 heavy (non-hydrogen) atoms. The number of Topliss-reactive ketones (excluding diaryl/α,β-unsaturated/α-hetero) is 1. The molecule has 0 saturated carbocycles. The van der Waals surface area contributed by atoms with Gasteiger partial charge in [0.15, 0.2) is 0 Å². The van der Waals surface area contributed by atoms with Crippen molar-refractivity contribution in [3.8, 4) is 0 Å². The number of rotatable bonds is 8. The molecule has 0 fully saturated rings. The molecule has 0 aliphatic rings. The minimum absolute atomic E-state index is 0.162.